The van der Waals surface area contributed by atoms with Crippen molar-refractivity contribution in [2.24, 2.45) is 7.05 Å². The van der Waals surface area contributed by atoms with Crippen molar-refractivity contribution in [2.45, 2.75) is 26.3 Å². The SMILES string of the molecule is CCCc1ccc(-c2cnc(NCc3cccc(OC)c3OC)n2C)cc1. The molecular weight excluding hydrogens is 338 g/mol. The lowest BCUT2D eigenvalue weighted by Crippen LogP contribution is -2.07. The fourth-order valence-electron chi connectivity index (χ4n) is 3.24. The minimum absolute atomic E-state index is 0.597. The van der Waals surface area contributed by atoms with Gasteiger partial charge in [-0.3, -0.25) is 0 Å². The summed E-state index contributed by atoms with van der Waals surface area (Å²) in [7, 11) is 5.32. The lowest BCUT2D eigenvalue weighted by molar-refractivity contribution is 0.352. The first-order chi connectivity index (χ1) is 13.2. The van der Waals surface area contributed by atoms with Crippen molar-refractivity contribution in [3.63, 3.8) is 0 Å². The summed E-state index contributed by atoms with van der Waals surface area (Å²) in [4.78, 5) is 4.54. The Morgan fingerprint density at radius 1 is 1.04 bits per heavy atom. The van der Waals surface area contributed by atoms with Gasteiger partial charge in [0, 0.05) is 19.2 Å². The Bertz CT molecular complexity index is 885. The molecule has 5 heteroatoms. The number of ether oxygens (including phenoxy) is 2. The molecule has 3 aromatic rings. The van der Waals surface area contributed by atoms with Gasteiger partial charge in [0.05, 0.1) is 26.1 Å². The maximum absolute atomic E-state index is 5.50. The van der Waals surface area contributed by atoms with Crippen LogP contribution in [0, 0.1) is 0 Å². The van der Waals surface area contributed by atoms with Crippen molar-refractivity contribution in [3.05, 3.63) is 59.8 Å². The number of imidazole rings is 1. The van der Waals surface area contributed by atoms with Gasteiger partial charge in [0.1, 0.15) is 0 Å². The second-order valence-corrected chi connectivity index (χ2v) is 6.48. The summed E-state index contributed by atoms with van der Waals surface area (Å²) in [6, 6.07) is 14.6. The summed E-state index contributed by atoms with van der Waals surface area (Å²) in [5.41, 5.74) is 4.63. The summed E-state index contributed by atoms with van der Waals surface area (Å²) in [6.07, 6.45) is 4.17. The molecule has 0 unspecified atom stereocenters. The van der Waals surface area contributed by atoms with Gasteiger partial charge in [-0.25, -0.2) is 4.98 Å². The van der Waals surface area contributed by atoms with Crippen molar-refractivity contribution >= 4 is 5.95 Å². The molecule has 1 aromatic heterocycles. The number of aryl methyl sites for hydroxylation is 1. The molecule has 5 nitrogen and oxygen atoms in total. The molecule has 0 aliphatic rings. The molecule has 0 aliphatic carbocycles. The number of para-hydroxylation sites is 1. The van der Waals surface area contributed by atoms with Crippen LogP contribution in [-0.4, -0.2) is 23.8 Å². The van der Waals surface area contributed by atoms with Crippen molar-refractivity contribution < 1.29 is 9.47 Å². The van der Waals surface area contributed by atoms with E-state index in [4.69, 9.17) is 9.47 Å². The van der Waals surface area contributed by atoms with E-state index in [0.29, 0.717) is 6.54 Å². The normalized spacial score (nSPS) is 10.7. The maximum Gasteiger partial charge on any atom is 0.203 e. The third-order valence-electron chi connectivity index (χ3n) is 4.70. The third kappa shape index (κ3) is 4.08. The van der Waals surface area contributed by atoms with Gasteiger partial charge in [0.25, 0.3) is 0 Å². The third-order valence-corrected chi connectivity index (χ3v) is 4.70. The average molecular weight is 365 g/mol. The minimum atomic E-state index is 0.597. The first kappa shape index (κ1) is 18.8. The van der Waals surface area contributed by atoms with Gasteiger partial charge in [-0.1, -0.05) is 49.7 Å². The quantitative estimate of drug-likeness (QED) is 0.630. The number of anilines is 1. The Hall–Kier alpha value is -2.95. The Kier molecular flexibility index (Phi) is 6.01. The molecule has 0 saturated carbocycles. The van der Waals surface area contributed by atoms with Crippen LogP contribution >= 0.6 is 0 Å². The molecule has 0 spiro atoms. The summed E-state index contributed by atoms with van der Waals surface area (Å²) in [6.45, 7) is 2.80. The molecule has 0 amide bonds. The highest BCUT2D eigenvalue weighted by Crippen LogP contribution is 2.31. The predicted octanol–water partition coefficient (Wildman–Crippen LogP) is 4.67. The van der Waals surface area contributed by atoms with Crippen molar-refractivity contribution in [1.82, 2.24) is 9.55 Å². The fraction of sp³-hybridized carbons (Fsp3) is 0.318. The maximum atomic E-state index is 5.50. The van der Waals surface area contributed by atoms with E-state index in [0.717, 1.165) is 47.1 Å². The first-order valence-electron chi connectivity index (χ1n) is 9.22. The van der Waals surface area contributed by atoms with Gasteiger partial charge in [0.15, 0.2) is 11.5 Å². The van der Waals surface area contributed by atoms with Gasteiger partial charge < -0.3 is 19.4 Å². The summed E-state index contributed by atoms with van der Waals surface area (Å²) < 4.78 is 12.9. The van der Waals surface area contributed by atoms with Crippen molar-refractivity contribution in [2.75, 3.05) is 19.5 Å². The van der Waals surface area contributed by atoms with Crippen LogP contribution in [0.15, 0.2) is 48.7 Å². The average Bonchev–Trinajstić information content (AvgIpc) is 3.07. The van der Waals surface area contributed by atoms with Crippen LogP contribution in [0.2, 0.25) is 0 Å². The number of nitrogens with zero attached hydrogens (tertiary/aromatic N) is 2. The van der Waals surface area contributed by atoms with Gasteiger partial charge in [-0.15, -0.1) is 0 Å². The smallest absolute Gasteiger partial charge is 0.203 e. The Morgan fingerprint density at radius 2 is 1.81 bits per heavy atom. The van der Waals surface area contributed by atoms with Gasteiger partial charge in [-0.2, -0.15) is 0 Å². The number of methoxy groups -OCH3 is 2. The number of hydrogen-bond acceptors (Lipinski definition) is 4. The van der Waals surface area contributed by atoms with E-state index in [1.165, 1.54) is 5.56 Å². The first-order valence-corrected chi connectivity index (χ1v) is 9.22. The lowest BCUT2D eigenvalue weighted by atomic mass is 10.1. The second-order valence-electron chi connectivity index (χ2n) is 6.48. The van der Waals surface area contributed by atoms with Crippen molar-refractivity contribution in [3.8, 4) is 22.8 Å². The van der Waals surface area contributed by atoms with E-state index in [2.05, 4.69) is 46.1 Å². The molecule has 1 heterocycles. The number of nitrogens with one attached hydrogen (secondary N) is 1. The Labute approximate surface area is 161 Å². The minimum Gasteiger partial charge on any atom is -0.493 e. The molecule has 3 rings (SSSR count). The van der Waals surface area contributed by atoms with E-state index in [9.17, 15) is 0 Å². The molecule has 0 fully saturated rings. The summed E-state index contributed by atoms with van der Waals surface area (Å²) in [5.74, 6) is 2.28. The largest absolute Gasteiger partial charge is 0.493 e. The van der Waals surface area contributed by atoms with Crippen LogP contribution in [0.5, 0.6) is 11.5 Å². The number of benzene rings is 2. The molecule has 0 bridgehead atoms. The van der Waals surface area contributed by atoms with Crippen LogP contribution in [-0.2, 0) is 20.0 Å². The van der Waals surface area contributed by atoms with E-state index in [1.807, 2.05) is 31.4 Å². The van der Waals surface area contributed by atoms with E-state index >= 15 is 0 Å². The van der Waals surface area contributed by atoms with Crippen LogP contribution in [0.25, 0.3) is 11.3 Å². The zero-order chi connectivity index (χ0) is 19.2. The van der Waals surface area contributed by atoms with Gasteiger partial charge in [-0.05, 0) is 23.6 Å². The summed E-state index contributed by atoms with van der Waals surface area (Å²) >= 11 is 0. The standard InChI is InChI=1S/C22H27N3O2/c1-5-7-16-10-12-17(13-11-16)19-15-24-22(25(19)2)23-14-18-8-6-9-20(26-3)21(18)27-4/h6,8-13,15H,5,7,14H2,1-4H3,(H,23,24). The molecule has 1 N–H and O–H groups in total. The molecule has 0 aliphatic heterocycles. The van der Waals surface area contributed by atoms with Gasteiger partial charge in [0.2, 0.25) is 5.95 Å². The van der Waals surface area contributed by atoms with Gasteiger partial charge >= 0.3 is 0 Å². The fourth-order valence-corrected chi connectivity index (χ4v) is 3.24. The second kappa shape index (κ2) is 8.62. The number of aromatic nitrogens is 2. The highest BCUT2D eigenvalue weighted by molar-refractivity contribution is 5.62. The van der Waals surface area contributed by atoms with Crippen LogP contribution in [0.1, 0.15) is 24.5 Å². The number of hydrogen-bond donors (Lipinski definition) is 1. The molecule has 2 aromatic carbocycles. The molecule has 0 saturated heterocycles. The highest BCUT2D eigenvalue weighted by Gasteiger charge is 2.12. The number of rotatable bonds is 8. The van der Waals surface area contributed by atoms with E-state index in [1.54, 1.807) is 14.2 Å². The molecule has 0 radical (unpaired) electrons. The zero-order valence-corrected chi connectivity index (χ0v) is 16.5. The zero-order valence-electron chi connectivity index (χ0n) is 16.5. The monoisotopic (exact) mass is 365 g/mol. The topological polar surface area (TPSA) is 48.3 Å². The van der Waals surface area contributed by atoms with Crippen LogP contribution in [0.4, 0.5) is 5.95 Å². The van der Waals surface area contributed by atoms with Crippen LogP contribution in [0.3, 0.4) is 0 Å². The molecule has 0 atom stereocenters. The predicted molar refractivity (Wildman–Crippen MR) is 110 cm³/mol. The molecule has 27 heavy (non-hydrogen) atoms. The summed E-state index contributed by atoms with van der Waals surface area (Å²) in [5, 5.41) is 3.39. The Balaban J connectivity index is 1.76. The molecular formula is C22H27N3O2. The highest BCUT2D eigenvalue weighted by atomic mass is 16.5. The Morgan fingerprint density at radius 3 is 2.48 bits per heavy atom. The van der Waals surface area contributed by atoms with E-state index < -0.39 is 0 Å². The van der Waals surface area contributed by atoms with Crippen LogP contribution < -0.4 is 14.8 Å². The van der Waals surface area contributed by atoms with Crippen molar-refractivity contribution in [1.29, 1.82) is 0 Å². The van der Waals surface area contributed by atoms with E-state index in [-0.39, 0.29) is 0 Å². The molecule has 142 valence electrons. The lowest BCUT2D eigenvalue weighted by Gasteiger charge is -2.14.